The van der Waals surface area contributed by atoms with Crippen LogP contribution in [0.2, 0.25) is 0 Å². The molecule has 0 bridgehead atoms. The van der Waals surface area contributed by atoms with E-state index in [0.29, 0.717) is 12.1 Å². The van der Waals surface area contributed by atoms with E-state index in [1.165, 1.54) is 0 Å². The SMILES string of the molecule is CC(C)(C)NC[C@H](O)c1ccc(OC(=O)C2CCCCC2)c(OC(=O)C2CCCCC2)c1. The molecule has 6 nitrogen and oxygen atoms in total. The van der Waals surface area contributed by atoms with E-state index in [0.717, 1.165) is 64.2 Å². The van der Waals surface area contributed by atoms with Crippen molar-refractivity contribution in [3.05, 3.63) is 23.8 Å². The van der Waals surface area contributed by atoms with Gasteiger partial charge in [-0.25, -0.2) is 0 Å². The molecule has 1 aromatic carbocycles. The summed E-state index contributed by atoms with van der Waals surface area (Å²) in [7, 11) is 0. The van der Waals surface area contributed by atoms with Gasteiger partial charge in [0.1, 0.15) is 0 Å². The van der Waals surface area contributed by atoms with Crippen LogP contribution in [-0.2, 0) is 9.59 Å². The standard InChI is InChI=1S/C26H39NO5/c1-26(2,3)27-17-21(28)20-14-15-22(31-24(29)18-10-6-4-7-11-18)23(16-20)32-25(30)19-12-8-5-9-13-19/h14-16,18-19,21,27-28H,4-13,17H2,1-3H3/t21-/m0/s1. The third-order valence-electron chi connectivity index (χ3n) is 6.48. The van der Waals surface area contributed by atoms with Crippen LogP contribution < -0.4 is 14.8 Å². The zero-order valence-electron chi connectivity index (χ0n) is 19.8. The molecule has 2 N–H and O–H groups in total. The summed E-state index contributed by atoms with van der Waals surface area (Å²) in [4.78, 5) is 25.5. The number of β-amino-alcohol motifs (C(OH)–C–C–N with tert-alkyl or cyclic N) is 1. The van der Waals surface area contributed by atoms with Crippen molar-refractivity contribution in [2.45, 2.75) is 96.6 Å². The summed E-state index contributed by atoms with van der Waals surface area (Å²) in [5.41, 5.74) is 0.484. The Labute approximate surface area is 192 Å². The highest BCUT2D eigenvalue weighted by Crippen LogP contribution is 2.35. The van der Waals surface area contributed by atoms with Gasteiger partial charge < -0.3 is 19.9 Å². The molecule has 2 aliphatic rings. The summed E-state index contributed by atoms with van der Waals surface area (Å²) in [6.45, 7) is 6.46. The number of hydrogen-bond acceptors (Lipinski definition) is 6. The second-order valence-electron chi connectivity index (χ2n) is 10.4. The molecule has 3 rings (SSSR count). The monoisotopic (exact) mass is 445 g/mol. The van der Waals surface area contributed by atoms with Crippen LogP contribution in [0.5, 0.6) is 11.5 Å². The number of carbonyl (C=O) groups excluding carboxylic acids is 2. The van der Waals surface area contributed by atoms with Gasteiger partial charge >= 0.3 is 11.9 Å². The summed E-state index contributed by atoms with van der Waals surface area (Å²) in [6, 6.07) is 5.01. The van der Waals surface area contributed by atoms with Gasteiger partial charge in [-0.05, 0) is 64.2 Å². The molecule has 178 valence electrons. The number of hydrogen-bond donors (Lipinski definition) is 2. The second kappa shape index (κ2) is 11.3. The van der Waals surface area contributed by atoms with Crippen molar-refractivity contribution in [3.63, 3.8) is 0 Å². The minimum absolute atomic E-state index is 0.105. The van der Waals surface area contributed by atoms with Crippen molar-refractivity contribution < 1.29 is 24.2 Å². The molecular formula is C26H39NO5. The molecule has 2 aliphatic carbocycles. The Balaban J connectivity index is 1.77. The van der Waals surface area contributed by atoms with Crippen molar-refractivity contribution in [1.29, 1.82) is 0 Å². The summed E-state index contributed by atoms with van der Waals surface area (Å²) in [6.07, 6.45) is 8.99. The predicted molar refractivity (Wildman–Crippen MR) is 124 cm³/mol. The summed E-state index contributed by atoms with van der Waals surface area (Å²) >= 11 is 0. The maximum Gasteiger partial charge on any atom is 0.314 e. The van der Waals surface area contributed by atoms with Gasteiger partial charge in [-0.15, -0.1) is 0 Å². The molecule has 0 radical (unpaired) electrons. The molecular weight excluding hydrogens is 406 g/mol. The molecule has 32 heavy (non-hydrogen) atoms. The van der Waals surface area contributed by atoms with E-state index in [4.69, 9.17) is 9.47 Å². The van der Waals surface area contributed by atoms with E-state index < -0.39 is 6.10 Å². The van der Waals surface area contributed by atoms with Crippen molar-refractivity contribution >= 4 is 11.9 Å². The molecule has 0 amide bonds. The van der Waals surface area contributed by atoms with Crippen LogP contribution in [0.4, 0.5) is 0 Å². The van der Waals surface area contributed by atoms with Crippen LogP contribution in [-0.4, -0.2) is 29.1 Å². The van der Waals surface area contributed by atoms with Gasteiger partial charge in [-0.3, -0.25) is 9.59 Å². The average Bonchev–Trinajstić information content (AvgIpc) is 2.79. The number of carbonyl (C=O) groups is 2. The van der Waals surface area contributed by atoms with Gasteiger partial charge in [0.2, 0.25) is 0 Å². The first-order chi connectivity index (χ1) is 15.2. The number of aliphatic hydroxyl groups is 1. The minimum atomic E-state index is -0.774. The Bertz CT molecular complexity index is 773. The van der Waals surface area contributed by atoms with Crippen LogP contribution >= 0.6 is 0 Å². The normalized spacial score (nSPS) is 19.4. The molecule has 0 heterocycles. The minimum Gasteiger partial charge on any atom is -0.422 e. The third-order valence-corrected chi connectivity index (χ3v) is 6.48. The van der Waals surface area contributed by atoms with Gasteiger partial charge in [-0.1, -0.05) is 44.6 Å². The fourth-order valence-electron chi connectivity index (χ4n) is 4.48. The highest BCUT2D eigenvalue weighted by atomic mass is 16.6. The Kier molecular flexibility index (Phi) is 8.72. The fourth-order valence-corrected chi connectivity index (χ4v) is 4.48. The topological polar surface area (TPSA) is 84.9 Å². The van der Waals surface area contributed by atoms with Crippen LogP contribution in [0, 0.1) is 11.8 Å². The lowest BCUT2D eigenvalue weighted by molar-refractivity contribution is -0.142. The van der Waals surface area contributed by atoms with Gasteiger partial charge in [0.05, 0.1) is 17.9 Å². The van der Waals surface area contributed by atoms with Gasteiger partial charge in [0, 0.05) is 12.1 Å². The Morgan fingerprint density at radius 3 is 1.91 bits per heavy atom. The number of aliphatic hydroxyl groups excluding tert-OH is 1. The summed E-state index contributed by atoms with van der Waals surface area (Å²) in [5.74, 6) is -0.295. The number of esters is 2. The smallest absolute Gasteiger partial charge is 0.314 e. The quantitative estimate of drug-likeness (QED) is 0.450. The van der Waals surface area contributed by atoms with Crippen LogP contribution in [0.15, 0.2) is 18.2 Å². The first-order valence-electron chi connectivity index (χ1n) is 12.2. The highest BCUT2D eigenvalue weighted by molar-refractivity contribution is 5.78. The molecule has 2 fully saturated rings. The summed E-state index contributed by atoms with van der Waals surface area (Å²) in [5, 5.41) is 13.9. The number of ether oxygens (including phenoxy) is 2. The summed E-state index contributed by atoms with van der Waals surface area (Å²) < 4.78 is 11.5. The Morgan fingerprint density at radius 2 is 1.41 bits per heavy atom. The van der Waals surface area contributed by atoms with Crippen molar-refractivity contribution in [1.82, 2.24) is 5.32 Å². The first kappa shape index (κ1) is 24.7. The molecule has 1 atom stereocenters. The lowest BCUT2D eigenvalue weighted by atomic mass is 9.89. The zero-order valence-corrected chi connectivity index (χ0v) is 19.8. The van der Waals surface area contributed by atoms with E-state index in [2.05, 4.69) is 5.32 Å². The van der Waals surface area contributed by atoms with E-state index in [-0.39, 0.29) is 40.8 Å². The average molecular weight is 446 g/mol. The van der Waals surface area contributed by atoms with E-state index in [1.54, 1.807) is 18.2 Å². The number of benzene rings is 1. The fraction of sp³-hybridized carbons (Fsp3) is 0.692. The molecule has 1 aromatic rings. The highest BCUT2D eigenvalue weighted by Gasteiger charge is 2.27. The number of nitrogens with one attached hydrogen (secondary N) is 1. The van der Waals surface area contributed by atoms with Crippen LogP contribution in [0.25, 0.3) is 0 Å². The maximum atomic E-state index is 12.8. The molecule has 2 saturated carbocycles. The van der Waals surface area contributed by atoms with Crippen molar-refractivity contribution in [2.75, 3.05) is 6.54 Å². The molecule has 0 aromatic heterocycles. The molecule has 0 saturated heterocycles. The lowest BCUT2D eigenvalue weighted by Crippen LogP contribution is -2.38. The van der Waals surface area contributed by atoms with Gasteiger partial charge in [-0.2, -0.15) is 0 Å². The molecule has 0 aliphatic heterocycles. The van der Waals surface area contributed by atoms with Crippen molar-refractivity contribution in [3.8, 4) is 11.5 Å². The maximum absolute atomic E-state index is 12.8. The Morgan fingerprint density at radius 1 is 0.906 bits per heavy atom. The van der Waals surface area contributed by atoms with E-state index in [1.807, 2.05) is 20.8 Å². The molecule has 6 heteroatoms. The molecule has 0 unspecified atom stereocenters. The van der Waals surface area contributed by atoms with E-state index >= 15 is 0 Å². The predicted octanol–water partition coefficient (Wildman–Crippen LogP) is 5.08. The molecule has 0 spiro atoms. The van der Waals surface area contributed by atoms with Gasteiger partial charge in [0.25, 0.3) is 0 Å². The number of rotatable bonds is 7. The van der Waals surface area contributed by atoms with E-state index in [9.17, 15) is 14.7 Å². The largest absolute Gasteiger partial charge is 0.422 e. The van der Waals surface area contributed by atoms with Crippen LogP contribution in [0.1, 0.15) is 96.6 Å². The third kappa shape index (κ3) is 7.31. The Hall–Kier alpha value is -1.92. The van der Waals surface area contributed by atoms with Gasteiger partial charge in [0.15, 0.2) is 11.5 Å². The second-order valence-corrected chi connectivity index (χ2v) is 10.4. The zero-order chi connectivity index (χ0) is 23.1. The van der Waals surface area contributed by atoms with Crippen LogP contribution in [0.3, 0.4) is 0 Å². The first-order valence-corrected chi connectivity index (χ1v) is 12.2. The lowest BCUT2D eigenvalue weighted by Gasteiger charge is -2.24. The van der Waals surface area contributed by atoms with Crippen molar-refractivity contribution in [2.24, 2.45) is 11.8 Å².